The van der Waals surface area contributed by atoms with Crippen molar-refractivity contribution in [2.75, 3.05) is 12.4 Å². The van der Waals surface area contributed by atoms with Crippen molar-refractivity contribution >= 4 is 11.6 Å². The number of methoxy groups -OCH3 is 1. The summed E-state index contributed by atoms with van der Waals surface area (Å²) in [7, 11) is 1.60. The van der Waals surface area contributed by atoms with Gasteiger partial charge in [-0.3, -0.25) is 10.1 Å². The normalized spacial score (nSPS) is 11.7. The van der Waals surface area contributed by atoms with E-state index in [1.807, 2.05) is 67.6 Å². The van der Waals surface area contributed by atoms with E-state index in [0.717, 1.165) is 11.1 Å². The summed E-state index contributed by atoms with van der Waals surface area (Å²) in [5, 5.41) is 6.44. The van der Waals surface area contributed by atoms with Gasteiger partial charge in [0.25, 0.3) is 0 Å². The quantitative estimate of drug-likeness (QED) is 0.626. The molecule has 0 spiro atoms. The Kier molecular flexibility index (Phi) is 6.45. The van der Waals surface area contributed by atoms with Gasteiger partial charge in [0.1, 0.15) is 11.8 Å². The van der Waals surface area contributed by atoms with E-state index in [1.165, 1.54) is 11.1 Å². The first kappa shape index (κ1) is 19.6. The summed E-state index contributed by atoms with van der Waals surface area (Å²) in [6.07, 6.45) is 0. The molecule has 28 heavy (non-hydrogen) atoms. The Morgan fingerprint density at radius 1 is 0.964 bits per heavy atom. The van der Waals surface area contributed by atoms with Crippen molar-refractivity contribution in [3.63, 3.8) is 0 Å². The Bertz CT molecular complexity index is 938. The average Bonchev–Trinajstić information content (AvgIpc) is 2.70. The second-order valence-corrected chi connectivity index (χ2v) is 6.84. The lowest BCUT2D eigenvalue weighted by atomic mass is 10.0. The van der Waals surface area contributed by atoms with Crippen molar-refractivity contribution < 1.29 is 9.53 Å². The zero-order valence-electron chi connectivity index (χ0n) is 16.5. The highest BCUT2D eigenvalue weighted by molar-refractivity contribution is 5.96. The van der Waals surface area contributed by atoms with Crippen molar-refractivity contribution in [1.82, 2.24) is 5.32 Å². The van der Waals surface area contributed by atoms with E-state index in [2.05, 4.69) is 29.7 Å². The Hall–Kier alpha value is -3.11. The Morgan fingerprint density at radius 3 is 2.39 bits per heavy atom. The Balaban J connectivity index is 1.84. The largest absolute Gasteiger partial charge is 0.495 e. The van der Waals surface area contributed by atoms with Crippen molar-refractivity contribution in [2.24, 2.45) is 0 Å². The molecule has 1 amide bonds. The van der Waals surface area contributed by atoms with Crippen molar-refractivity contribution in [3.8, 4) is 5.75 Å². The third-order valence-corrected chi connectivity index (χ3v) is 4.77. The lowest BCUT2D eigenvalue weighted by Crippen LogP contribution is -2.33. The molecule has 0 saturated heterocycles. The number of nitrogens with one attached hydrogen (secondary N) is 2. The second-order valence-electron chi connectivity index (χ2n) is 6.84. The fraction of sp³-hybridized carbons (Fsp3) is 0.208. The van der Waals surface area contributed by atoms with Gasteiger partial charge in [-0.25, -0.2) is 0 Å². The maximum atomic E-state index is 13.2. The maximum Gasteiger partial charge on any atom is 0.246 e. The number of amides is 1. The molecule has 0 bridgehead atoms. The van der Waals surface area contributed by atoms with Crippen LogP contribution in [-0.2, 0) is 11.3 Å². The summed E-state index contributed by atoms with van der Waals surface area (Å²) in [5.41, 5.74) is 5.01. The summed E-state index contributed by atoms with van der Waals surface area (Å²) < 4.78 is 5.40. The van der Waals surface area contributed by atoms with Crippen molar-refractivity contribution in [2.45, 2.75) is 26.4 Å². The van der Waals surface area contributed by atoms with E-state index in [9.17, 15) is 4.79 Å². The molecule has 0 fully saturated rings. The number of benzene rings is 3. The zero-order valence-corrected chi connectivity index (χ0v) is 16.5. The highest BCUT2D eigenvalue weighted by Crippen LogP contribution is 2.27. The molecule has 1 unspecified atom stereocenters. The number of rotatable bonds is 7. The van der Waals surface area contributed by atoms with Crippen LogP contribution in [0, 0.1) is 13.8 Å². The van der Waals surface area contributed by atoms with Gasteiger partial charge in [-0.2, -0.15) is 0 Å². The molecule has 0 aliphatic carbocycles. The number of aryl methyl sites for hydroxylation is 2. The van der Waals surface area contributed by atoms with Gasteiger partial charge in [-0.05, 0) is 48.2 Å². The van der Waals surface area contributed by atoms with Gasteiger partial charge in [0.15, 0.2) is 0 Å². The van der Waals surface area contributed by atoms with Crippen LogP contribution in [0.15, 0.2) is 72.8 Å². The molecule has 3 aromatic rings. The van der Waals surface area contributed by atoms with Crippen LogP contribution in [0.25, 0.3) is 0 Å². The molecule has 4 nitrogen and oxygen atoms in total. The molecule has 0 aromatic heterocycles. The summed E-state index contributed by atoms with van der Waals surface area (Å²) in [5.74, 6) is 0.522. The van der Waals surface area contributed by atoms with E-state index in [4.69, 9.17) is 4.74 Å². The van der Waals surface area contributed by atoms with E-state index in [-0.39, 0.29) is 5.91 Å². The van der Waals surface area contributed by atoms with E-state index >= 15 is 0 Å². The van der Waals surface area contributed by atoms with Crippen LogP contribution in [0.3, 0.4) is 0 Å². The van der Waals surface area contributed by atoms with Gasteiger partial charge in [-0.1, -0.05) is 60.7 Å². The minimum absolute atomic E-state index is 0.122. The van der Waals surface area contributed by atoms with Gasteiger partial charge >= 0.3 is 0 Å². The summed E-state index contributed by atoms with van der Waals surface area (Å²) in [6, 6.07) is 23.2. The van der Waals surface area contributed by atoms with Crippen LogP contribution >= 0.6 is 0 Å². The predicted molar refractivity (Wildman–Crippen MR) is 114 cm³/mol. The number of hydrogen-bond donors (Lipinski definition) is 2. The molecule has 0 saturated carbocycles. The maximum absolute atomic E-state index is 13.2. The first-order chi connectivity index (χ1) is 13.6. The molecule has 0 radical (unpaired) electrons. The average molecular weight is 374 g/mol. The smallest absolute Gasteiger partial charge is 0.246 e. The van der Waals surface area contributed by atoms with E-state index in [1.54, 1.807) is 7.11 Å². The molecule has 2 N–H and O–H groups in total. The molecular weight excluding hydrogens is 348 g/mol. The van der Waals surface area contributed by atoms with Gasteiger partial charge in [-0.15, -0.1) is 0 Å². The fourth-order valence-electron chi connectivity index (χ4n) is 3.15. The summed E-state index contributed by atoms with van der Waals surface area (Å²) >= 11 is 0. The fourth-order valence-corrected chi connectivity index (χ4v) is 3.15. The van der Waals surface area contributed by atoms with Gasteiger partial charge in [0.2, 0.25) is 5.91 Å². The van der Waals surface area contributed by atoms with Gasteiger partial charge < -0.3 is 10.1 Å². The van der Waals surface area contributed by atoms with Crippen molar-refractivity contribution in [3.05, 3.63) is 95.1 Å². The van der Waals surface area contributed by atoms with E-state index in [0.29, 0.717) is 18.0 Å². The predicted octanol–water partition coefficient (Wildman–Crippen LogP) is 4.78. The van der Waals surface area contributed by atoms with Crippen LogP contribution in [0.1, 0.15) is 28.3 Å². The number of ether oxygens (including phenoxy) is 1. The van der Waals surface area contributed by atoms with Gasteiger partial charge in [0.05, 0.1) is 12.8 Å². The molecule has 0 aliphatic rings. The number of anilines is 1. The lowest BCUT2D eigenvalue weighted by Gasteiger charge is -2.20. The summed E-state index contributed by atoms with van der Waals surface area (Å²) in [6.45, 7) is 4.66. The molecular formula is C24H26N2O2. The third kappa shape index (κ3) is 4.78. The zero-order chi connectivity index (χ0) is 19.9. The highest BCUT2D eigenvalue weighted by Gasteiger charge is 2.21. The molecule has 144 valence electrons. The first-order valence-electron chi connectivity index (χ1n) is 9.37. The van der Waals surface area contributed by atoms with Crippen LogP contribution in [-0.4, -0.2) is 13.0 Å². The number of hydrogen-bond acceptors (Lipinski definition) is 3. The molecule has 3 aromatic carbocycles. The summed E-state index contributed by atoms with van der Waals surface area (Å²) in [4.78, 5) is 13.2. The van der Waals surface area contributed by atoms with Crippen molar-refractivity contribution in [1.29, 1.82) is 0 Å². The van der Waals surface area contributed by atoms with Crippen LogP contribution in [0.2, 0.25) is 0 Å². The van der Waals surface area contributed by atoms with E-state index < -0.39 is 6.04 Å². The van der Waals surface area contributed by atoms with Gasteiger partial charge in [0, 0.05) is 6.54 Å². The van der Waals surface area contributed by atoms with Crippen LogP contribution < -0.4 is 15.4 Å². The molecule has 4 heteroatoms. The molecule has 0 aliphatic heterocycles. The second kappa shape index (κ2) is 9.20. The molecule has 3 rings (SSSR count). The SMILES string of the molecule is COc1ccc(C)cc1NC(=O)C(NCc1ccccc1C)c1ccccc1. The molecule has 0 heterocycles. The monoisotopic (exact) mass is 374 g/mol. The third-order valence-electron chi connectivity index (χ3n) is 4.77. The molecule has 1 atom stereocenters. The van der Waals surface area contributed by atoms with Crippen LogP contribution in [0.4, 0.5) is 5.69 Å². The standard InChI is InChI=1S/C24H26N2O2/c1-17-13-14-22(28-3)21(15-17)26-24(27)23(19-10-5-4-6-11-19)25-16-20-12-8-7-9-18(20)2/h4-15,23,25H,16H2,1-3H3,(H,26,27). The topological polar surface area (TPSA) is 50.4 Å². The minimum atomic E-state index is -0.481. The number of carbonyl (C=O) groups excluding carboxylic acids is 1. The first-order valence-corrected chi connectivity index (χ1v) is 9.37. The Labute approximate surface area is 166 Å². The lowest BCUT2D eigenvalue weighted by molar-refractivity contribution is -0.118. The minimum Gasteiger partial charge on any atom is -0.495 e. The number of carbonyl (C=O) groups is 1. The Morgan fingerprint density at radius 2 is 1.68 bits per heavy atom. The van der Waals surface area contributed by atoms with Crippen LogP contribution in [0.5, 0.6) is 5.75 Å². The highest BCUT2D eigenvalue weighted by atomic mass is 16.5.